The average Bonchev–Trinajstić information content (AvgIpc) is 2.58. The van der Waals surface area contributed by atoms with Crippen molar-refractivity contribution in [1.82, 2.24) is 9.88 Å². The summed E-state index contributed by atoms with van der Waals surface area (Å²) in [6.45, 7) is 13.1. The summed E-state index contributed by atoms with van der Waals surface area (Å²) >= 11 is 0. The summed E-state index contributed by atoms with van der Waals surface area (Å²) in [4.78, 5) is 0. The molecule has 0 aliphatic rings. The van der Waals surface area contributed by atoms with Crippen LogP contribution in [0, 0.1) is 13.8 Å². The molecule has 0 saturated heterocycles. The summed E-state index contributed by atoms with van der Waals surface area (Å²) in [5, 5.41) is 3.46. The fourth-order valence-corrected chi connectivity index (χ4v) is 2.17. The van der Waals surface area contributed by atoms with Crippen LogP contribution in [0.2, 0.25) is 0 Å². The molecule has 17 heavy (non-hydrogen) atoms. The molecule has 1 heterocycles. The van der Waals surface area contributed by atoms with E-state index >= 15 is 0 Å². The Morgan fingerprint density at radius 3 is 2.59 bits per heavy atom. The SMILES string of the molecule is CCCNC(C)/C=C/c1cc(C)n(CC)c1C. The van der Waals surface area contributed by atoms with E-state index in [4.69, 9.17) is 0 Å². The smallest absolute Gasteiger partial charge is 0.0224 e. The quantitative estimate of drug-likeness (QED) is 0.797. The lowest BCUT2D eigenvalue weighted by molar-refractivity contribution is 0.625. The number of aryl methyl sites for hydroxylation is 1. The molecule has 0 radical (unpaired) electrons. The summed E-state index contributed by atoms with van der Waals surface area (Å²) < 4.78 is 2.35. The zero-order valence-corrected chi connectivity index (χ0v) is 11.9. The van der Waals surface area contributed by atoms with Gasteiger partial charge in [-0.1, -0.05) is 19.1 Å². The highest BCUT2D eigenvalue weighted by Gasteiger charge is 2.04. The van der Waals surface area contributed by atoms with E-state index in [0.29, 0.717) is 6.04 Å². The molecular formula is C15H26N2. The largest absolute Gasteiger partial charge is 0.349 e. The number of nitrogens with one attached hydrogen (secondary N) is 1. The molecule has 96 valence electrons. The maximum atomic E-state index is 3.46. The second-order valence-electron chi connectivity index (χ2n) is 4.67. The average molecular weight is 234 g/mol. The van der Waals surface area contributed by atoms with Crippen molar-refractivity contribution in [3.63, 3.8) is 0 Å². The van der Waals surface area contributed by atoms with E-state index in [1.54, 1.807) is 0 Å². The van der Waals surface area contributed by atoms with Gasteiger partial charge in [0.05, 0.1) is 0 Å². The van der Waals surface area contributed by atoms with E-state index in [2.05, 4.69) is 62.7 Å². The molecule has 0 amide bonds. The van der Waals surface area contributed by atoms with Gasteiger partial charge in [-0.3, -0.25) is 0 Å². The number of rotatable bonds is 6. The normalized spacial score (nSPS) is 13.5. The summed E-state index contributed by atoms with van der Waals surface area (Å²) in [5.41, 5.74) is 4.05. The first kappa shape index (κ1) is 14.0. The van der Waals surface area contributed by atoms with Crippen LogP contribution in [-0.4, -0.2) is 17.2 Å². The Labute approximate surface area is 106 Å². The molecule has 0 aliphatic heterocycles. The van der Waals surface area contributed by atoms with Crippen LogP contribution in [0.25, 0.3) is 6.08 Å². The Morgan fingerprint density at radius 2 is 2.06 bits per heavy atom. The predicted octanol–water partition coefficient (Wildman–Crippen LogP) is 3.53. The van der Waals surface area contributed by atoms with Crippen molar-refractivity contribution in [1.29, 1.82) is 0 Å². The monoisotopic (exact) mass is 234 g/mol. The lowest BCUT2D eigenvalue weighted by Gasteiger charge is -2.07. The minimum atomic E-state index is 0.444. The zero-order valence-electron chi connectivity index (χ0n) is 11.9. The maximum Gasteiger partial charge on any atom is 0.0224 e. The van der Waals surface area contributed by atoms with Crippen LogP contribution in [0.4, 0.5) is 0 Å². The van der Waals surface area contributed by atoms with Gasteiger partial charge in [-0.05, 0) is 52.3 Å². The van der Waals surface area contributed by atoms with Crippen LogP contribution in [0.3, 0.4) is 0 Å². The van der Waals surface area contributed by atoms with E-state index < -0.39 is 0 Å². The molecule has 2 nitrogen and oxygen atoms in total. The van der Waals surface area contributed by atoms with Crippen molar-refractivity contribution in [2.24, 2.45) is 0 Å². The van der Waals surface area contributed by atoms with Gasteiger partial charge in [-0.25, -0.2) is 0 Å². The number of nitrogens with zero attached hydrogens (tertiary/aromatic N) is 1. The van der Waals surface area contributed by atoms with E-state index in [0.717, 1.165) is 13.1 Å². The van der Waals surface area contributed by atoms with Crippen molar-refractivity contribution < 1.29 is 0 Å². The first-order valence-electron chi connectivity index (χ1n) is 6.68. The molecule has 1 N–H and O–H groups in total. The fraction of sp³-hybridized carbons (Fsp3) is 0.600. The number of hydrogen-bond acceptors (Lipinski definition) is 1. The van der Waals surface area contributed by atoms with Crippen molar-refractivity contribution in [3.05, 3.63) is 29.1 Å². The lowest BCUT2D eigenvalue weighted by Crippen LogP contribution is -2.24. The standard InChI is InChI=1S/C15H26N2/c1-6-10-16-12(3)8-9-15-11-13(4)17(7-2)14(15)5/h8-9,11-12,16H,6-7,10H2,1-5H3/b9-8+. The van der Waals surface area contributed by atoms with Gasteiger partial charge < -0.3 is 9.88 Å². The molecule has 1 rings (SSSR count). The van der Waals surface area contributed by atoms with Gasteiger partial charge in [-0.2, -0.15) is 0 Å². The van der Waals surface area contributed by atoms with Crippen LogP contribution in [0.1, 0.15) is 44.1 Å². The molecule has 0 saturated carbocycles. The minimum Gasteiger partial charge on any atom is -0.349 e. The van der Waals surface area contributed by atoms with Crippen molar-refractivity contribution in [3.8, 4) is 0 Å². The van der Waals surface area contributed by atoms with Gasteiger partial charge in [0, 0.05) is 24.0 Å². The molecule has 0 spiro atoms. The molecule has 0 bridgehead atoms. The Bertz CT molecular complexity index is 375. The van der Waals surface area contributed by atoms with Gasteiger partial charge in [0.2, 0.25) is 0 Å². The lowest BCUT2D eigenvalue weighted by atomic mass is 10.2. The third-order valence-electron chi connectivity index (χ3n) is 3.21. The Balaban J connectivity index is 2.71. The molecule has 1 atom stereocenters. The molecule has 2 heteroatoms. The molecule has 0 aromatic carbocycles. The second-order valence-corrected chi connectivity index (χ2v) is 4.67. The Kier molecular flexibility index (Phi) is 5.49. The first-order chi connectivity index (χ1) is 8.10. The third-order valence-corrected chi connectivity index (χ3v) is 3.21. The predicted molar refractivity (Wildman–Crippen MR) is 76.4 cm³/mol. The molecule has 1 aromatic rings. The van der Waals surface area contributed by atoms with Crippen molar-refractivity contribution in [2.45, 2.75) is 53.6 Å². The summed E-state index contributed by atoms with van der Waals surface area (Å²) in [5.74, 6) is 0. The Hall–Kier alpha value is -1.02. The molecule has 1 unspecified atom stereocenters. The molecular weight excluding hydrogens is 208 g/mol. The number of hydrogen-bond donors (Lipinski definition) is 1. The van der Waals surface area contributed by atoms with Gasteiger partial charge in [0.1, 0.15) is 0 Å². The van der Waals surface area contributed by atoms with E-state index in [1.807, 2.05) is 0 Å². The van der Waals surface area contributed by atoms with Gasteiger partial charge in [-0.15, -0.1) is 0 Å². The van der Waals surface area contributed by atoms with E-state index in [9.17, 15) is 0 Å². The minimum absolute atomic E-state index is 0.444. The van der Waals surface area contributed by atoms with Crippen LogP contribution < -0.4 is 5.32 Å². The van der Waals surface area contributed by atoms with E-state index in [-0.39, 0.29) is 0 Å². The Morgan fingerprint density at radius 1 is 1.35 bits per heavy atom. The van der Waals surface area contributed by atoms with Crippen molar-refractivity contribution in [2.75, 3.05) is 6.54 Å². The first-order valence-corrected chi connectivity index (χ1v) is 6.68. The van der Waals surface area contributed by atoms with E-state index in [1.165, 1.54) is 23.4 Å². The molecule has 0 fully saturated rings. The van der Waals surface area contributed by atoms with Crippen LogP contribution >= 0.6 is 0 Å². The maximum absolute atomic E-state index is 3.46. The summed E-state index contributed by atoms with van der Waals surface area (Å²) in [7, 11) is 0. The number of aromatic nitrogens is 1. The summed E-state index contributed by atoms with van der Waals surface area (Å²) in [6.07, 6.45) is 5.67. The highest BCUT2D eigenvalue weighted by atomic mass is 15.0. The van der Waals surface area contributed by atoms with Crippen LogP contribution in [-0.2, 0) is 6.54 Å². The van der Waals surface area contributed by atoms with Crippen LogP contribution in [0.5, 0.6) is 0 Å². The highest BCUT2D eigenvalue weighted by Crippen LogP contribution is 2.16. The van der Waals surface area contributed by atoms with Gasteiger partial charge in [0.25, 0.3) is 0 Å². The summed E-state index contributed by atoms with van der Waals surface area (Å²) in [6, 6.07) is 2.71. The highest BCUT2D eigenvalue weighted by molar-refractivity contribution is 5.54. The third kappa shape index (κ3) is 3.74. The zero-order chi connectivity index (χ0) is 12.8. The fourth-order valence-electron chi connectivity index (χ4n) is 2.17. The molecule has 0 aliphatic carbocycles. The van der Waals surface area contributed by atoms with Gasteiger partial charge >= 0.3 is 0 Å². The molecule has 1 aromatic heterocycles. The van der Waals surface area contributed by atoms with Crippen molar-refractivity contribution >= 4 is 6.08 Å². The van der Waals surface area contributed by atoms with Gasteiger partial charge in [0.15, 0.2) is 0 Å². The topological polar surface area (TPSA) is 17.0 Å². The second kappa shape index (κ2) is 6.65. The van der Waals surface area contributed by atoms with Crippen LogP contribution in [0.15, 0.2) is 12.1 Å².